The topological polar surface area (TPSA) is 20.2 Å². The highest BCUT2D eigenvalue weighted by atomic mass is 79.9. The van der Waals surface area contributed by atoms with Crippen LogP contribution in [-0.4, -0.2) is 5.11 Å². The predicted molar refractivity (Wildman–Crippen MR) is 79.6 cm³/mol. The number of hydrogen-bond acceptors (Lipinski definition) is 1. The molecule has 0 aliphatic heterocycles. The summed E-state index contributed by atoms with van der Waals surface area (Å²) in [5.41, 5.74) is 0.460. The average Bonchev–Trinajstić information content (AvgIpc) is 2.34. The maximum atomic E-state index is 14.0. The fourth-order valence-corrected chi connectivity index (χ4v) is 2.69. The van der Waals surface area contributed by atoms with E-state index in [0.29, 0.717) is 20.1 Å². The molecule has 0 aliphatic carbocycles. The molecule has 0 fully saturated rings. The Bertz CT molecular complexity index is 613. The highest BCUT2D eigenvalue weighted by Gasteiger charge is 2.19. The second-order valence-corrected chi connectivity index (χ2v) is 5.98. The Morgan fingerprint density at radius 1 is 1.05 bits per heavy atom. The first-order valence-corrected chi connectivity index (χ1v) is 7.10. The van der Waals surface area contributed by atoms with Crippen molar-refractivity contribution in [2.24, 2.45) is 0 Å². The maximum absolute atomic E-state index is 14.0. The molecule has 0 aliphatic rings. The van der Waals surface area contributed by atoms with E-state index in [0.717, 1.165) is 0 Å². The van der Waals surface area contributed by atoms with Gasteiger partial charge in [0.1, 0.15) is 11.9 Å². The van der Waals surface area contributed by atoms with E-state index >= 15 is 0 Å². The van der Waals surface area contributed by atoms with Crippen molar-refractivity contribution in [3.63, 3.8) is 0 Å². The summed E-state index contributed by atoms with van der Waals surface area (Å²) in [7, 11) is 0. The number of halogens is 5. The predicted octanol–water partition coefficient (Wildman–Crippen LogP) is 5.63. The molecule has 0 spiro atoms. The lowest BCUT2D eigenvalue weighted by Crippen LogP contribution is -2.03. The minimum absolute atomic E-state index is 0.0616. The lowest BCUT2D eigenvalue weighted by atomic mass is 10.0. The molecule has 1 unspecified atom stereocenters. The third-order valence-corrected chi connectivity index (χ3v) is 4.26. The SMILES string of the molecule is OC(c1cc(Cl)cc(Cl)c1)c1ccc(Br)c(Cl)c1F. The molecule has 2 rings (SSSR count). The molecule has 0 bridgehead atoms. The summed E-state index contributed by atoms with van der Waals surface area (Å²) in [5, 5.41) is 10.9. The Balaban J connectivity index is 2.50. The van der Waals surface area contributed by atoms with Gasteiger partial charge in [-0.15, -0.1) is 0 Å². The average molecular weight is 384 g/mol. The molecule has 2 aromatic carbocycles. The largest absolute Gasteiger partial charge is 0.384 e. The van der Waals surface area contributed by atoms with Crippen LogP contribution >= 0.6 is 50.7 Å². The van der Waals surface area contributed by atoms with Gasteiger partial charge in [-0.05, 0) is 45.8 Å². The number of benzene rings is 2. The number of rotatable bonds is 2. The lowest BCUT2D eigenvalue weighted by Gasteiger charge is -2.14. The van der Waals surface area contributed by atoms with Gasteiger partial charge in [-0.1, -0.05) is 40.9 Å². The van der Waals surface area contributed by atoms with Crippen molar-refractivity contribution < 1.29 is 9.50 Å². The van der Waals surface area contributed by atoms with E-state index in [-0.39, 0.29) is 10.6 Å². The Morgan fingerprint density at radius 3 is 2.21 bits per heavy atom. The monoisotopic (exact) mass is 382 g/mol. The van der Waals surface area contributed by atoms with Crippen LogP contribution in [-0.2, 0) is 0 Å². The van der Waals surface area contributed by atoms with Gasteiger partial charge in [0.2, 0.25) is 0 Å². The van der Waals surface area contributed by atoms with Crippen molar-refractivity contribution in [1.29, 1.82) is 0 Å². The van der Waals surface area contributed by atoms with Crippen LogP contribution in [0, 0.1) is 5.82 Å². The highest BCUT2D eigenvalue weighted by Crippen LogP contribution is 2.34. The number of aliphatic hydroxyl groups excluding tert-OH is 1. The zero-order valence-electron chi connectivity index (χ0n) is 9.30. The fourth-order valence-electron chi connectivity index (χ4n) is 1.66. The Hall–Kier alpha value is -0.320. The van der Waals surface area contributed by atoms with Crippen LogP contribution in [0.15, 0.2) is 34.8 Å². The normalized spacial score (nSPS) is 12.5. The Kier molecular flexibility index (Phi) is 4.75. The van der Waals surface area contributed by atoms with Gasteiger partial charge in [0, 0.05) is 20.1 Å². The van der Waals surface area contributed by atoms with Crippen LogP contribution in [0.25, 0.3) is 0 Å². The van der Waals surface area contributed by atoms with Crippen LogP contribution in [0.3, 0.4) is 0 Å². The molecule has 0 saturated heterocycles. The van der Waals surface area contributed by atoms with Gasteiger partial charge in [-0.3, -0.25) is 0 Å². The molecule has 100 valence electrons. The summed E-state index contributed by atoms with van der Waals surface area (Å²) in [5.74, 6) is -0.681. The summed E-state index contributed by atoms with van der Waals surface area (Å²) in [6, 6.07) is 7.59. The standard InChI is InChI=1S/C13H7BrCl3FO/c14-10-2-1-9(12(18)11(10)17)13(19)6-3-7(15)5-8(16)4-6/h1-5,13,19H. The molecule has 1 atom stereocenters. The van der Waals surface area contributed by atoms with Crippen molar-refractivity contribution >= 4 is 50.7 Å². The zero-order chi connectivity index (χ0) is 14.2. The number of aliphatic hydroxyl groups is 1. The molecule has 1 nitrogen and oxygen atoms in total. The molecule has 0 amide bonds. The first-order chi connectivity index (χ1) is 8.90. The molecule has 0 radical (unpaired) electrons. The van der Waals surface area contributed by atoms with E-state index in [4.69, 9.17) is 34.8 Å². The van der Waals surface area contributed by atoms with Gasteiger partial charge in [0.15, 0.2) is 0 Å². The van der Waals surface area contributed by atoms with E-state index in [9.17, 15) is 9.50 Å². The highest BCUT2D eigenvalue weighted by molar-refractivity contribution is 9.10. The molecule has 2 aromatic rings. The van der Waals surface area contributed by atoms with Gasteiger partial charge in [0.05, 0.1) is 5.02 Å². The summed E-state index contributed by atoms with van der Waals surface area (Å²) < 4.78 is 14.4. The smallest absolute Gasteiger partial charge is 0.149 e. The molecular weight excluding hydrogens is 377 g/mol. The van der Waals surface area contributed by atoms with Gasteiger partial charge in [-0.25, -0.2) is 4.39 Å². The number of hydrogen-bond donors (Lipinski definition) is 1. The minimum atomic E-state index is -1.19. The second-order valence-electron chi connectivity index (χ2n) is 3.87. The first kappa shape index (κ1) is 15.1. The van der Waals surface area contributed by atoms with E-state index in [1.807, 2.05) is 0 Å². The van der Waals surface area contributed by atoms with Gasteiger partial charge in [0.25, 0.3) is 0 Å². The summed E-state index contributed by atoms with van der Waals surface area (Å²) in [6.07, 6.45) is -1.19. The van der Waals surface area contributed by atoms with Gasteiger partial charge in [-0.2, -0.15) is 0 Å². The zero-order valence-corrected chi connectivity index (χ0v) is 13.2. The third kappa shape index (κ3) is 3.23. The molecule has 6 heteroatoms. The van der Waals surface area contributed by atoms with Crippen LogP contribution in [0.4, 0.5) is 4.39 Å². The van der Waals surface area contributed by atoms with Crippen molar-refractivity contribution in [2.45, 2.75) is 6.10 Å². The molecule has 0 aromatic heterocycles. The minimum Gasteiger partial charge on any atom is -0.384 e. The van der Waals surface area contributed by atoms with Gasteiger partial charge >= 0.3 is 0 Å². The van der Waals surface area contributed by atoms with Crippen molar-refractivity contribution in [3.05, 3.63) is 66.8 Å². The van der Waals surface area contributed by atoms with Crippen LogP contribution in [0.1, 0.15) is 17.2 Å². The summed E-state index contributed by atoms with van der Waals surface area (Å²) >= 11 is 20.6. The van der Waals surface area contributed by atoms with Crippen molar-refractivity contribution in [1.82, 2.24) is 0 Å². The third-order valence-electron chi connectivity index (χ3n) is 2.56. The lowest BCUT2D eigenvalue weighted by molar-refractivity contribution is 0.215. The fraction of sp³-hybridized carbons (Fsp3) is 0.0769. The van der Waals surface area contributed by atoms with E-state index in [2.05, 4.69) is 15.9 Å². The molecule has 0 saturated carbocycles. The van der Waals surface area contributed by atoms with Crippen LogP contribution in [0.2, 0.25) is 15.1 Å². The molecule has 1 N–H and O–H groups in total. The molecular formula is C13H7BrCl3FO. The van der Waals surface area contributed by atoms with Crippen LogP contribution in [0.5, 0.6) is 0 Å². The van der Waals surface area contributed by atoms with E-state index in [1.54, 1.807) is 6.07 Å². The maximum Gasteiger partial charge on any atom is 0.149 e. The van der Waals surface area contributed by atoms with E-state index in [1.165, 1.54) is 24.3 Å². The van der Waals surface area contributed by atoms with Crippen molar-refractivity contribution in [3.8, 4) is 0 Å². The van der Waals surface area contributed by atoms with Gasteiger partial charge < -0.3 is 5.11 Å². The molecule has 0 heterocycles. The van der Waals surface area contributed by atoms with Crippen molar-refractivity contribution in [2.75, 3.05) is 0 Å². The summed E-state index contributed by atoms with van der Waals surface area (Å²) in [4.78, 5) is 0. The Morgan fingerprint density at radius 2 is 1.63 bits per heavy atom. The van der Waals surface area contributed by atoms with E-state index < -0.39 is 11.9 Å². The first-order valence-electron chi connectivity index (χ1n) is 5.17. The summed E-state index contributed by atoms with van der Waals surface area (Å²) in [6.45, 7) is 0. The molecule has 19 heavy (non-hydrogen) atoms. The van der Waals surface area contributed by atoms with Crippen LogP contribution < -0.4 is 0 Å². The Labute approximate surface area is 133 Å². The quantitative estimate of drug-likeness (QED) is 0.666. The second kappa shape index (κ2) is 5.98.